The molecule has 23 heavy (non-hydrogen) atoms. The fraction of sp³-hybridized carbons (Fsp3) is 0.429. The van der Waals surface area contributed by atoms with E-state index in [1.165, 1.54) is 56.1 Å². The zero-order chi connectivity index (χ0) is 15.0. The predicted molar refractivity (Wildman–Crippen MR) is 101 cm³/mol. The van der Waals surface area contributed by atoms with Gasteiger partial charge in [0.2, 0.25) is 0 Å². The Bertz CT molecular complexity index is 491. The molecule has 0 aliphatic carbocycles. The Balaban J connectivity index is 0.00000192. The van der Waals surface area contributed by atoms with Crippen molar-refractivity contribution in [3.63, 3.8) is 0 Å². The number of nitrogens with one attached hydrogen (secondary N) is 1. The van der Waals surface area contributed by atoms with E-state index in [2.05, 4.69) is 66.0 Å². The molecule has 124 valence electrons. The molecule has 2 atom stereocenters. The molecule has 3 rings (SSSR count). The largest absolute Gasteiger partial charge is 0.311 e. The molecule has 0 aromatic heterocycles. The van der Waals surface area contributed by atoms with Crippen LogP contribution in [0.5, 0.6) is 0 Å². The summed E-state index contributed by atoms with van der Waals surface area (Å²) in [5.41, 5.74) is 2.94. The SMILES string of the molecule is Cl.c1ccc(CCC2CCCC(CCc3ccccc3)N2)cc1. The molecular formula is C21H28ClN. The first-order valence-corrected chi connectivity index (χ1v) is 8.74. The van der Waals surface area contributed by atoms with Crippen LogP contribution in [-0.2, 0) is 12.8 Å². The fourth-order valence-electron chi connectivity index (χ4n) is 3.54. The summed E-state index contributed by atoms with van der Waals surface area (Å²) >= 11 is 0. The van der Waals surface area contributed by atoms with Crippen LogP contribution in [0.3, 0.4) is 0 Å². The van der Waals surface area contributed by atoms with E-state index in [0.29, 0.717) is 12.1 Å². The van der Waals surface area contributed by atoms with Crippen molar-refractivity contribution in [3.05, 3.63) is 71.8 Å². The Labute approximate surface area is 146 Å². The van der Waals surface area contributed by atoms with Crippen molar-refractivity contribution in [2.24, 2.45) is 0 Å². The third-order valence-electron chi connectivity index (χ3n) is 4.83. The third kappa shape index (κ3) is 6.01. The van der Waals surface area contributed by atoms with Crippen LogP contribution in [0.4, 0.5) is 0 Å². The minimum absolute atomic E-state index is 0. The van der Waals surface area contributed by atoms with E-state index in [1.807, 2.05) is 0 Å². The van der Waals surface area contributed by atoms with Gasteiger partial charge in [-0.3, -0.25) is 0 Å². The van der Waals surface area contributed by atoms with Gasteiger partial charge in [-0.25, -0.2) is 0 Å². The van der Waals surface area contributed by atoms with Gasteiger partial charge in [0, 0.05) is 12.1 Å². The molecule has 0 saturated carbocycles. The van der Waals surface area contributed by atoms with Gasteiger partial charge in [0.05, 0.1) is 0 Å². The molecule has 2 unspecified atom stereocenters. The van der Waals surface area contributed by atoms with Crippen LogP contribution in [0.25, 0.3) is 0 Å². The van der Waals surface area contributed by atoms with Gasteiger partial charge >= 0.3 is 0 Å². The summed E-state index contributed by atoms with van der Waals surface area (Å²) in [5.74, 6) is 0. The number of rotatable bonds is 6. The second-order valence-electron chi connectivity index (χ2n) is 6.54. The lowest BCUT2D eigenvalue weighted by molar-refractivity contribution is 0.297. The van der Waals surface area contributed by atoms with Crippen LogP contribution in [0.1, 0.15) is 43.2 Å². The first kappa shape index (κ1) is 18.0. The maximum absolute atomic E-state index is 3.89. The van der Waals surface area contributed by atoms with Gasteiger partial charge in [0.1, 0.15) is 0 Å². The Kier molecular flexibility index (Phi) is 7.64. The zero-order valence-electron chi connectivity index (χ0n) is 13.8. The molecule has 1 saturated heterocycles. The van der Waals surface area contributed by atoms with Crippen LogP contribution in [0.15, 0.2) is 60.7 Å². The molecule has 1 heterocycles. The maximum Gasteiger partial charge on any atom is 0.00728 e. The molecule has 1 aliphatic rings. The van der Waals surface area contributed by atoms with Crippen LogP contribution in [0.2, 0.25) is 0 Å². The number of halogens is 1. The molecule has 1 N–H and O–H groups in total. The molecule has 0 spiro atoms. The Morgan fingerprint density at radius 1 is 0.696 bits per heavy atom. The van der Waals surface area contributed by atoms with Gasteiger partial charge in [0.25, 0.3) is 0 Å². The standard InChI is InChI=1S/C21H27N.ClH/c1-3-8-18(9-4-1)14-16-20-12-7-13-21(22-20)17-15-19-10-5-2-6-11-19;/h1-6,8-11,20-22H,7,12-17H2;1H. The summed E-state index contributed by atoms with van der Waals surface area (Å²) in [6, 6.07) is 23.2. The van der Waals surface area contributed by atoms with Crippen molar-refractivity contribution in [1.29, 1.82) is 0 Å². The highest BCUT2D eigenvalue weighted by Gasteiger charge is 2.20. The number of piperidine rings is 1. The molecule has 2 heteroatoms. The molecule has 0 radical (unpaired) electrons. The van der Waals surface area contributed by atoms with Gasteiger partial charge in [0.15, 0.2) is 0 Å². The zero-order valence-corrected chi connectivity index (χ0v) is 14.6. The lowest BCUT2D eigenvalue weighted by atomic mass is 9.91. The monoisotopic (exact) mass is 329 g/mol. The van der Waals surface area contributed by atoms with E-state index in [9.17, 15) is 0 Å². The van der Waals surface area contributed by atoms with E-state index >= 15 is 0 Å². The second-order valence-corrected chi connectivity index (χ2v) is 6.54. The van der Waals surface area contributed by atoms with Crippen molar-refractivity contribution in [2.45, 2.75) is 57.0 Å². The summed E-state index contributed by atoms with van der Waals surface area (Å²) in [7, 11) is 0. The lowest BCUT2D eigenvalue weighted by Crippen LogP contribution is -2.42. The highest BCUT2D eigenvalue weighted by Crippen LogP contribution is 2.20. The maximum atomic E-state index is 3.89. The van der Waals surface area contributed by atoms with Gasteiger partial charge < -0.3 is 5.32 Å². The van der Waals surface area contributed by atoms with Crippen LogP contribution < -0.4 is 5.32 Å². The molecular weight excluding hydrogens is 302 g/mol. The molecule has 0 amide bonds. The molecule has 1 fully saturated rings. The van der Waals surface area contributed by atoms with Crippen LogP contribution in [-0.4, -0.2) is 12.1 Å². The Morgan fingerprint density at radius 2 is 1.13 bits per heavy atom. The van der Waals surface area contributed by atoms with Crippen molar-refractivity contribution >= 4 is 12.4 Å². The van der Waals surface area contributed by atoms with E-state index < -0.39 is 0 Å². The molecule has 2 aromatic rings. The smallest absolute Gasteiger partial charge is 0.00728 e. The number of hydrogen-bond donors (Lipinski definition) is 1. The average Bonchev–Trinajstić information content (AvgIpc) is 2.60. The molecule has 0 bridgehead atoms. The Morgan fingerprint density at radius 3 is 1.57 bits per heavy atom. The van der Waals surface area contributed by atoms with Gasteiger partial charge in [-0.1, -0.05) is 67.1 Å². The van der Waals surface area contributed by atoms with E-state index in [1.54, 1.807) is 0 Å². The van der Waals surface area contributed by atoms with Crippen LogP contribution >= 0.6 is 12.4 Å². The Hall–Kier alpha value is -1.31. The summed E-state index contributed by atoms with van der Waals surface area (Å²) in [5, 5.41) is 3.89. The lowest BCUT2D eigenvalue weighted by Gasteiger charge is -2.31. The van der Waals surface area contributed by atoms with Gasteiger partial charge in [-0.15, -0.1) is 12.4 Å². The van der Waals surface area contributed by atoms with E-state index in [-0.39, 0.29) is 12.4 Å². The van der Waals surface area contributed by atoms with Crippen LogP contribution in [0, 0.1) is 0 Å². The first-order chi connectivity index (χ1) is 10.9. The van der Waals surface area contributed by atoms with E-state index in [4.69, 9.17) is 0 Å². The number of benzene rings is 2. The third-order valence-corrected chi connectivity index (χ3v) is 4.83. The van der Waals surface area contributed by atoms with Gasteiger partial charge in [-0.05, 0) is 49.7 Å². The minimum atomic E-state index is 0. The topological polar surface area (TPSA) is 12.0 Å². The highest BCUT2D eigenvalue weighted by molar-refractivity contribution is 5.85. The number of aryl methyl sites for hydroxylation is 2. The molecule has 1 nitrogen and oxygen atoms in total. The molecule has 2 aromatic carbocycles. The fourth-order valence-corrected chi connectivity index (χ4v) is 3.54. The first-order valence-electron chi connectivity index (χ1n) is 8.74. The average molecular weight is 330 g/mol. The molecule has 1 aliphatic heterocycles. The highest BCUT2D eigenvalue weighted by atomic mass is 35.5. The van der Waals surface area contributed by atoms with E-state index in [0.717, 1.165) is 0 Å². The quantitative estimate of drug-likeness (QED) is 0.769. The minimum Gasteiger partial charge on any atom is -0.311 e. The number of hydrogen-bond acceptors (Lipinski definition) is 1. The normalized spacial score (nSPS) is 20.7. The van der Waals surface area contributed by atoms with Crippen molar-refractivity contribution in [3.8, 4) is 0 Å². The van der Waals surface area contributed by atoms with Crippen molar-refractivity contribution < 1.29 is 0 Å². The van der Waals surface area contributed by atoms with Crippen molar-refractivity contribution in [2.75, 3.05) is 0 Å². The van der Waals surface area contributed by atoms with Gasteiger partial charge in [-0.2, -0.15) is 0 Å². The van der Waals surface area contributed by atoms with Crippen molar-refractivity contribution in [1.82, 2.24) is 5.32 Å². The predicted octanol–water partition coefficient (Wildman–Crippen LogP) is 5.18. The summed E-state index contributed by atoms with van der Waals surface area (Å²) in [6.07, 6.45) is 9.00. The summed E-state index contributed by atoms with van der Waals surface area (Å²) in [4.78, 5) is 0. The summed E-state index contributed by atoms with van der Waals surface area (Å²) in [6.45, 7) is 0. The second kappa shape index (κ2) is 9.75. The summed E-state index contributed by atoms with van der Waals surface area (Å²) < 4.78 is 0.